The van der Waals surface area contributed by atoms with Crippen LogP contribution in [0.3, 0.4) is 0 Å². The Bertz CT molecular complexity index is 2050. The Balaban J connectivity index is 1.59. The summed E-state index contributed by atoms with van der Waals surface area (Å²) in [5.74, 6) is -16.3. The zero-order valence-electron chi connectivity index (χ0n) is 20.9. The molecule has 0 amide bonds. The number of nitrogens with zero attached hydrogens (tertiary/aromatic N) is 1. The minimum Gasteiger partial charge on any atom is -0.495 e. The standard InChI is InChI=1S/C28H14F7NO5S/c1-40-21-12-14(13-2-6-17(29)18(30)11-13)3-7-20(21)36-19-8-5-16(10-15(19)4-9-22(36)37)42(38,39)41-28-26(34)24(32)23(31)25(33)27(28)35/h2-12H,1H3. The summed E-state index contributed by atoms with van der Waals surface area (Å²) in [5, 5.41) is 0.0865. The highest BCUT2D eigenvalue weighted by Gasteiger charge is 2.31. The van der Waals surface area contributed by atoms with Gasteiger partial charge in [0.05, 0.1) is 18.3 Å². The minimum atomic E-state index is -5.14. The molecule has 0 radical (unpaired) electrons. The van der Waals surface area contributed by atoms with Gasteiger partial charge in [-0.2, -0.15) is 17.2 Å². The maximum absolute atomic E-state index is 14.0. The SMILES string of the molecule is COc1cc(-c2ccc(F)c(F)c2)ccc1-n1c(=O)ccc2cc(S(=O)(=O)Oc3c(F)c(F)c(F)c(F)c3F)ccc21. The molecule has 42 heavy (non-hydrogen) atoms. The molecule has 0 bridgehead atoms. The van der Waals surface area contributed by atoms with E-state index >= 15 is 0 Å². The summed E-state index contributed by atoms with van der Waals surface area (Å²) in [7, 11) is -3.85. The van der Waals surface area contributed by atoms with Crippen LogP contribution < -0.4 is 14.5 Å². The highest BCUT2D eigenvalue weighted by atomic mass is 32.2. The second kappa shape index (κ2) is 10.5. The summed E-state index contributed by atoms with van der Waals surface area (Å²) < 4.78 is 132. The number of halogens is 7. The summed E-state index contributed by atoms with van der Waals surface area (Å²) in [5.41, 5.74) is 0.438. The Morgan fingerprint density at radius 3 is 1.93 bits per heavy atom. The first-order chi connectivity index (χ1) is 19.8. The molecule has 1 aromatic heterocycles. The van der Waals surface area contributed by atoms with Crippen molar-refractivity contribution in [3.63, 3.8) is 0 Å². The van der Waals surface area contributed by atoms with Gasteiger partial charge < -0.3 is 8.92 Å². The fraction of sp³-hybridized carbons (Fsp3) is 0.0357. The highest BCUT2D eigenvalue weighted by molar-refractivity contribution is 7.87. The summed E-state index contributed by atoms with van der Waals surface area (Å²) in [6, 6.07) is 13.0. The van der Waals surface area contributed by atoms with Gasteiger partial charge in [0.25, 0.3) is 5.56 Å². The Morgan fingerprint density at radius 1 is 0.667 bits per heavy atom. The number of pyridine rings is 1. The number of aromatic nitrogens is 1. The molecule has 0 atom stereocenters. The topological polar surface area (TPSA) is 74.6 Å². The fourth-order valence-electron chi connectivity index (χ4n) is 4.16. The molecule has 1 heterocycles. The lowest BCUT2D eigenvalue weighted by molar-refractivity contribution is 0.346. The third-order valence-electron chi connectivity index (χ3n) is 6.19. The molecule has 216 valence electrons. The molecule has 0 unspecified atom stereocenters. The van der Waals surface area contributed by atoms with Crippen molar-refractivity contribution in [2.45, 2.75) is 4.90 Å². The number of hydrogen-bond donors (Lipinski definition) is 0. The average Bonchev–Trinajstić information content (AvgIpc) is 2.98. The number of methoxy groups -OCH3 is 1. The molecule has 0 aliphatic carbocycles. The van der Waals surface area contributed by atoms with Crippen molar-refractivity contribution in [3.05, 3.63) is 118 Å². The van der Waals surface area contributed by atoms with Crippen LogP contribution in [-0.4, -0.2) is 20.1 Å². The van der Waals surface area contributed by atoms with E-state index in [0.717, 1.165) is 41.0 Å². The number of benzene rings is 4. The van der Waals surface area contributed by atoms with Crippen molar-refractivity contribution in [2.24, 2.45) is 0 Å². The van der Waals surface area contributed by atoms with E-state index in [2.05, 4.69) is 4.18 Å². The predicted octanol–water partition coefficient (Wildman–Crippen LogP) is 6.41. The first-order valence-corrected chi connectivity index (χ1v) is 13.0. The maximum Gasteiger partial charge on any atom is 0.339 e. The van der Waals surface area contributed by atoms with Crippen molar-refractivity contribution in [3.8, 4) is 28.3 Å². The smallest absolute Gasteiger partial charge is 0.339 e. The van der Waals surface area contributed by atoms with Crippen LogP contribution >= 0.6 is 0 Å². The van der Waals surface area contributed by atoms with Crippen molar-refractivity contribution >= 4 is 21.0 Å². The molecule has 5 rings (SSSR count). The second-order valence-electron chi connectivity index (χ2n) is 8.68. The van der Waals surface area contributed by atoms with E-state index in [4.69, 9.17) is 4.74 Å². The number of hydrogen-bond acceptors (Lipinski definition) is 5. The maximum atomic E-state index is 14.0. The molecular weight excluding hydrogens is 595 g/mol. The Hall–Kier alpha value is -4.85. The summed E-state index contributed by atoms with van der Waals surface area (Å²) in [4.78, 5) is 12.2. The van der Waals surface area contributed by atoms with Crippen LogP contribution in [0.25, 0.3) is 27.7 Å². The number of rotatable bonds is 6. The molecule has 0 saturated heterocycles. The van der Waals surface area contributed by atoms with E-state index < -0.39 is 67.0 Å². The zero-order valence-corrected chi connectivity index (χ0v) is 21.7. The van der Waals surface area contributed by atoms with Crippen LogP contribution in [0.4, 0.5) is 30.7 Å². The molecule has 0 aliphatic rings. The van der Waals surface area contributed by atoms with Crippen molar-refractivity contribution in [1.82, 2.24) is 4.57 Å². The van der Waals surface area contributed by atoms with Gasteiger partial charge in [-0.05, 0) is 59.7 Å². The first kappa shape index (κ1) is 28.7. The molecule has 0 spiro atoms. The molecule has 14 heteroatoms. The Labute approximate surface area is 231 Å². The Morgan fingerprint density at radius 2 is 1.29 bits per heavy atom. The molecular formula is C28H14F7NO5S. The molecule has 0 N–H and O–H groups in total. The molecule has 4 aromatic carbocycles. The van der Waals surface area contributed by atoms with Crippen LogP contribution in [0, 0.1) is 40.7 Å². The van der Waals surface area contributed by atoms with Gasteiger partial charge >= 0.3 is 10.1 Å². The van der Waals surface area contributed by atoms with E-state index in [0.29, 0.717) is 11.1 Å². The van der Waals surface area contributed by atoms with Crippen molar-refractivity contribution in [2.75, 3.05) is 7.11 Å². The lowest BCUT2D eigenvalue weighted by Gasteiger charge is -2.16. The van der Waals surface area contributed by atoms with Gasteiger partial charge in [0.2, 0.25) is 34.8 Å². The lowest BCUT2D eigenvalue weighted by atomic mass is 10.0. The van der Waals surface area contributed by atoms with E-state index in [1.807, 2.05) is 0 Å². The van der Waals surface area contributed by atoms with Crippen LogP contribution in [0.1, 0.15) is 0 Å². The van der Waals surface area contributed by atoms with E-state index in [9.17, 15) is 43.9 Å². The van der Waals surface area contributed by atoms with Gasteiger partial charge in [-0.25, -0.2) is 22.0 Å². The van der Waals surface area contributed by atoms with Gasteiger partial charge in [0, 0.05) is 11.5 Å². The third-order valence-corrected chi connectivity index (χ3v) is 7.41. The van der Waals surface area contributed by atoms with Crippen LogP contribution in [0.2, 0.25) is 0 Å². The normalized spacial score (nSPS) is 11.6. The van der Waals surface area contributed by atoms with Gasteiger partial charge in [-0.1, -0.05) is 12.1 Å². The third kappa shape index (κ3) is 4.83. The quantitative estimate of drug-likeness (QED) is 0.0964. The molecule has 5 aromatic rings. The number of ether oxygens (including phenoxy) is 1. The molecule has 0 saturated carbocycles. The lowest BCUT2D eigenvalue weighted by Crippen LogP contribution is -2.19. The van der Waals surface area contributed by atoms with Crippen LogP contribution in [0.15, 0.2) is 76.4 Å². The van der Waals surface area contributed by atoms with Gasteiger partial charge in [0.15, 0.2) is 11.6 Å². The van der Waals surface area contributed by atoms with Crippen LogP contribution in [0.5, 0.6) is 11.5 Å². The second-order valence-corrected chi connectivity index (χ2v) is 10.2. The summed E-state index contributed by atoms with van der Waals surface area (Å²) in [6.45, 7) is 0. The number of fused-ring (bicyclic) bond motifs is 1. The van der Waals surface area contributed by atoms with Gasteiger partial charge in [-0.3, -0.25) is 9.36 Å². The zero-order chi connectivity index (χ0) is 30.5. The monoisotopic (exact) mass is 609 g/mol. The molecule has 6 nitrogen and oxygen atoms in total. The fourth-order valence-corrected chi connectivity index (χ4v) is 5.13. The molecule has 0 fully saturated rings. The Kier molecular flexibility index (Phi) is 7.18. The average molecular weight is 609 g/mol. The van der Waals surface area contributed by atoms with Gasteiger partial charge in [-0.15, -0.1) is 0 Å². The van der Waals surface area contributed by atoms with Gasteiger partial charge in [0.1, 0.15) is 10.6 Å². The van der Waals surface area contributed by atoms with Crippen LogP contribution in [-0.2, 0) is 10.1 Å². The van der Waals surface area contributed by atoms with Crippen molar-refractivity contribution in [1.29, 1.82) is 0 Å². The largest absolute Gasteiger partial charge is 0.495 e. The first-order valence-electron chi connectivity index (χ1n) is 11.6. The van der Waals surface area contributed by atoms with E-state index in [-0.39, 0.29) is 22.3 Å². The summed E-state index contributed by atoms with van der Waals surface area (Å²) >= 11 is 0. The van der Waals surface area contributed by atoms with E-state index in [1.165, 1.54) is 37.4 Å². The predicted molar refractivity (Wildman–Crippen MR) is 135 cm³/mol. The van der Waals surface area contributed by atoms with Crippen molar-refractivity contribution < 1.29 is 48.1 Å². The molecule has 0 aliphatic heterocycles. The van der Waals surface area contributed by atoms with E-state index in [1.54, 1.807) is 0 Å². The highest BCUT2D eigenvalue weighted by Crippen LogP contribution is 2.34. The summed E-state index contributed by atoms with van der Waals surface area (Å²) in [6.07, 6.45) is 0. The minimum absolute atomic E-state index is 0.0865.